The normalized spacial score (nSPS) is 24.5. The van der Waals surface area contributed by atoms with Crippen molar-refractivity contribution in [3.63, 3.8) is 0 Å². The van der Waals surface area contributed by atoms with Crippen LogP contribution in [-0.4, -0.2) is 45.5 Å². The highest BCUT2D eigenvalue weighted by Crippen LogP contribution is 2.33. The highest BCUT2D eigenvalue weighted by Gasteiger charge is 2.31. The average molecular weight is 345 g/mol. The van der Waals surface area contributed by atoms with Gasteiger partial charge in [0.25, 0.3) is 0 Å². The van der Waals surface area contributed by atoms with Crippen LogP contribution >= 0.6 is 0 Å². The number of hydrogen-bond donors (Lipinski definition) is 1. The molecular formula is C20H32N4O. The molecule has 1 atom stereocenters. The Morgan fingerprint density at radius 1 is 1.20 bits per heavy atom. The Morgan fingerprint density at radius 3 is 2.60 bits per heavy atom. The van der Waals surface area contributed by atoms with Gasteiger partial charge in [-0.15, -0.1) is 0 Å². The van der Waals surface area contributed by atoms with Crippen molar-refractivity contribution in [2.75, 3.05) is 13.1 Å². The minimum Gasteiger partial charge on any atom is -0.352 e. The maximum atomic E-state index is 12.5. The molecule has 1 aromatic rings. The largest absolute Gasteiger partial charge is 0.352 e. The number of nitrogens with zero attached hydrogens (tertiary/aromatic N) is 3. The second-order valence-corrected chi connectivity index (χ2v) is 8.36. The van der Waals surface area contributed by atoms with Gasteiger partial charge in [0.05, 0.1) is 6.04 Å². The van der Waals surface area contributed by atoms with E-state index in [9.17, 15) is 4.79 Å². The first-order chi connectivity index (χ1) is 12.2. The third-order valence-corrected chi connectivity index (χ3v) is 6.42. The van der Waals surface area contributed by atoms with Crippen LogP contribution in [0.2, 0.25) is 0 Å². The van der Waals surface area contributed by atoms with Gasteiger partial charge in [-0.1, -0.05) is 12.8 Å². The molecule has 2 heterocycles. The summed E-state index contributed by atoms with van der Waals surface area (Å²) in [5, 5.41) is 3.26. The van der Waals surface area contributed by atoms with Crippen molar-refractivity contribution in [2.24, 2.45) is 5.92 Å². The lowest BCUT2D eigenvalue weighted by molar-refractivity contribution is -0.127. The Morgan fingerprint density at radius 2 is 1.92 bits per heavy atom. The second-order valence-electron chi connectivity index (χ2n) is 8.36. The molecule has 2 aliphatic carbocycles. The van der Waals surface area contributed by atoms with E-state index in [1.165, 1.54) is 31.5 Å². The topological polar surface area (TPSA) is 50.2 Å². The number of nitrogens with one attached hydrogen (secondary N) is 1. The average Bonchev–Trinajstić information content (AvgIpc) is 3.09. The van der Waals surface area contributed by atoms with E-state index >= 15 is 0 Å². The van der Waals surface area contributed by atoms with Crippen molar-refractivity contribution in [3.8, 4) is 0 Å². The lowest BCUT2D eigenvalue weighted by Gasteiger charge is -2.35. The van der Waals surface area contributed by atoms with Crippen molar-refractivity contribution in [1.82, 2.24) is 19.8 Å². The fourth-order valence-corrected chi connectivity index (χ4v) is 4.52. The highest BCUT2D eigenvalue weighted by molar-refractivity contribution is 5.81. The number of carbonyl (C=O) groups excluding carboxylic acids is 1. The summed E-state index contributed by atoms with van der Waals surface area (Å²) in [6, 6.07) is 0.412. The van der Waals surface area contributed by atoms with Gasteiger partial charge in [0.15, 0.2) is 0 Å². The van der Waals surface area contributed by atoms with Gasteiger partial charge in [-0.25, -0.2) is 4.98 Å². The van der Waals surface area contributed by atoms with Crippen LogP contribution in [0.5, 0.6) is 0 Å². The number of hydrogen-bond acceptors (Lipinski definition) is 3. The molecule has 0 spiro atoms. The smallest absolute Gasteiger partial charge is 0.237 e. The van der Waals surface area contributed by atoms with E-state index < -0.39 is 0 Å². The molecule has 1 aromatic heterocycles. The summed E-state index contributed by atoms with van der Waals surface area (Å²) in [6.07, 6.45) is 13.9. The van der Waals surface area contributed by atoms with Gasteiger partial charge in [-0.05, 0) is 64.5 Å². The van der Waals surface area contributed by atoms with E-state index in [1.54, 1.807) is 0 Å². The van der Waals surface area contributed by atoms with Gasteiger partial charge in [-0.2, -0.15) is 0 Å². The molecule has 3 aliphatic rings. The molecule has 3 fully saturated rings. The lowest BCUT2D eigenvalue weighted by Crippen LogP contribution is -2.50. The van der Waals surface area contributed by atoms with Gasteiger partial charge >= 0.3 is 0 Å². The molecule has 25 heavy (non-hydrogen) atoms. The molecule has 0 unspecified atom stereocenters. The van der Waals surface area contributed by atoms with E-state index in [1.807, 2.05) is 6.20 Å². The molecule has 5 nitrogen and oxygen atoms in total. The SMILES string of the molecule is C[C@@H](C(=O)NC1CCCC1)N1CCC(c2nccn2CC2CC2)CC1. The third kappa shape index (κ3) is 4.08. The molecule has 5 heteroatoms. The Labute approximate surface area is 151 Å². The maximum Gasteiger partial charge on any atom is 0.237 e. The van der Waals surface area contributed by atoms with Crippen LogP contribution in [0.15, 0.2) is 12.4 Å². The molecule has 1 aliphatic heterocycles. The van der Waals surface area contributed by atoms with Crippen LogP contribution in [0.4, 0.5) is 0 Å². The standard InChI is InChI=1S/C20H32N4O/c1-15(20(25)22-18-4-2-3-5-18)23-11-8-17(9-12-23)19-21-10-13-24(19)14-16-6-7-16/h10,13,15-18H,2-9,11-12,14H2,1H3,(H,22,25)/t15-/m0/s1. The number of piperidine rings is 1. The molecule has 4 rings (SSSR count). The summed E-state index contributed by atoms with van der Waals surface area (Å²) in [4.78, 5) is 19.5. The third-order valence-electron chi connectivity index (χ3n) is 6.42. The number of likely N-dealkylation sites (tertiary alicyclic amines) is 1. The van der Waals surface area contributed by atoms with Crippen molar-refractivity contribution in [1.29, 1.82) is 0 Å². The van der Waals surface area contributed by atoms with Crippen LogP contribution in [0.3, 0.4) is 0 Å². The summed E-state index contributed by atoms with van der Waals surface area (Å²) in [7, 11) is 0. The molecule has 0 aromatic carbocycles. The van der Waals surface area contributed by atoms with E-state index in [4.69, 9.17) is 0 Å². The number of carbonyl (C=O) groups is 1. The molecule has 0 bridgehead atoms. The van der Waals surface area contributed by atoms with Crippen LogP contribution in [0.25, 0.3) is 0 Å². The number of imidazole rings is 1. The molecule has 2 saturated carbocycles. The van der Waals surface area contributed by atoms with E-state index in [0.29, 0.717) is 12.0 Å². The molecule has 1 N–H and O–H groups in total. The molecular weight excluding hydrogens is 312 g/mol. The van der Waals surface area contributed by atoms with Crippen molar-refractivity contribution >= 4 is 5.91 Å². The maximum absolute atomic E-state index is 12.5. The summed E-state index contributed by atoms with van der Waals surface area (Å²) in [6.45, 7) is 5.22. The first-order valence-electron chi connectivity index (χ1n) is 10.3. The second kappa shape index (κ2) is 7.48. The van der Waals surface area contributed by atoms with Crippen LogP contribution in [0, 0.1) is 5.92 Å². The highest BCUT2D eigenvalue weighted by atomic mass is 16.2. The fourth-order valence-electron chi connectivity index (χ4n) is 4.52. The summed E-state index contributed by atoms with van der Waals surface area (Å²) in [5.74, 6) is 2.93. The van der Waals surface area contributed by atoms with Gasteiger partial charge in [0.1, 0.15) is 5.82 Å². The van der Waals surface area contributed by atoms with E-state index in [-0.39, 0.29) is 11.9 Å². The molecule has 0 radical (unpaired) electrons. The van der Waals surface area contributed by atoms with Gasteiger partial charge in [0.2, 0.25) is 5.91 Å². The summed E-state index contributed by atoms with van der Waals surface area (Å²) in [5.41, 5.74) is 0. The zero-order valence-corrected chi connectivity index (χ0v) is 15.5. The van der Waals surface area contributed by atoms with Crippen molar-refractivity contribution in [2.45, 2.75) is 82.8 Å². The molecule has 1 saturated heterocycles. The number of rotatable bonds is 6. The van der Waals surface area contributed by atoms with Gasteiger partial charge in [-0.3, -0.25) is 9.69 Å². The Bertz CT molecular complexity index is 580. The van der Waals surface area contributed by atoms with Crippen LogP contribution < -0.4 is 5.32 Å². The Hall–Kier alpha value is -1.36. The lowest BCUT2D eigenvalue weighted by atomic mass is 9.94. The first kappa shape index (κ1) is 17.1. The van der Waals surface area contributed by atoms with Crippen LogP contribution in [-0.2, 0) is 11.3 Å². The van der Waals surface area contributed by atoms with Gasteiger partial charge < -0.3 is 9.88 Å². The monoisotopic (exact) mass is 344 g/mol. The first-order valence-corrected chi connectivity index (χ1v) is 10.3. The zero-order chi connectivity index (χ0) is 17.2. The minimum absolute atomic E-state index is 0.00670. The van der Waals surface area contributed by atoms with Crippen molar-refractivity contribution < 1.29 is 4.79 Å². The van der Waals surface area contributed by atoms with Crippen LogP contribution in [0.1, 0.15) is 70.0 Å². The number of amides is 1. The number of aromatic nitrogens is 2. The minimum atomic E-state index is -0.00670. The predicted molar refractivity (Wildman–Crippen MR) is 98.4 cm³/mol. The Kier molecular flexibility index (Phi) is 5.11. The summed E-state index contributed by atoms with van der Waals surface area (Å²) >= 11 is 0. The quantitative estimate of drug-likeness (QED) is 0.863. The summed E-state index contributed by atoms with van der Waals surface area (Å²) < 4.78 is 2.38. The Balaban J connectivity index is 1.28. The molecule has 138 valence electrons. The fraction of sp³-hybridized carbons (Fsp3) is 0.800. The zero-order valence-electron chi connectivity index (χ0n) is 15.5. The van der Waals surface area contributed by atoms with Gasteiger partial charge in [0, 0.05) is 30.9 Å². The van der Waals surface area contributed by atoms with E-state index in [0.717, 1.165) is 51.2 Å². The van der Waals surface area contributed by atoms with E-state index in [2.05, 4.69) is 32.9 Å². The van der Waals surface area contributed by atoms with Crippen molar-refractivity contribution in [3.05, 3.63) is 18.2 Å². The molecule has 1 amide bonds. The predicted octanol–water partition coefficient (Wildman–Crippen LogP) is 2.92.